The number of ether oxygens (including phenoxy) is 1. The van der Waals surface area contributed by atoms with Gasteiger partial charge in [-0.15, -0.1) is 0 Å². The highest BCUT2D eigenvalue weighted by Gasteiger charge is 2.11. The molecule has 4 heteroatoms. The van der Waals surface area contributed by atoms with E-state index in [1.807, 2.05) is 26.4 Å². The SMILES string of the molecule is COc1cc2ccn(C[C@@H](C)N(C)C)c2cc1F. The monoisotopic (exact) mass is 250 g/mol. The molecule has 0 amide bonds. The minimum absolute atomic E-state index is 0.293. The van der Waals surface area contributed by atoms with Gasteiger partial charge in [-0.1, -0.05) is 0 Å². The van der Waals surface area contributed by atoms with Crippen molar-refractivity contribution in [2.24, 2.45) is 0 Å². The van der Waals surface area contributed by atoms with Crippen molar-refractivity contribution in [3.63, 3.8) is 0 Å². The smallest absolute Gasteiger partial charge is 0.167 e. The van der Waals surface area contributed by atoms with E-state index in [0.29, 0.717) is 11.8 Å². The second-order valence-electron chi connectivity index (χ2n) is 4.83. The quantitative estimate of drug-likeness (QED) is 0.830. The van der Waals surface area contributed by atoms with Gasteiger partial charge in [0, 0.05) is 30.2 Å². The average molecular weight is 250 g/mol. The second kappa shape index (κ2) is 4.98. The number of hydrogen-bond donors (Lipinski definition) is 0. The number of methoxy groups -OCH3 is 1. The summed E-state index contributed by atoms with van der Waals surface area (Å²) in [4.78, 5) is 2.14. The predicted molar refractivity (Wildman–Crippen MR) is 71.6 cm³/mol. The third-order valence-electron chi connectivity index (χ3n) is 3.39. The average Bonchev–Trinajstić information content (AvgIpc) is 2.70. The summed E-state index contributed by atoms with van der Waals surface area (Å²) in [7, 11) is 5.56. The lowest BCUT2D eigenvalue weighted by atomic mass is 10.2. The van der Waals surface area contributed by atoms with Crippen LogP contribution in [0.25, 0.3) is 10.9 Å². The summed E-state index contributed by atoms with van der Waals surface area (Å²) in [6.45, 7) is 2.98. The summed E-state index contributed by atoms with van der Waals surface area (Å²) in [5.74, 6) is -0.0247. The van der Waals surface area contributed by atoms with E-state index in [0.717, 1.165) is 17.4 Å². The van der Waals surface area contributed by atoms with Gasteiger partial charge in [0.15, 0.2) is 11.6 Å². The Hall–Kier alpha value is -1.55. The maximum absolute atomic E-state index is 13.7. The summed E-state index contributed by atoms with van der Waals surface area (Å²) in [5.41, 5.74) is 0.905. The highest BCUT2D eigenvalue weighted by Crippen LogP contribution is 2.25. The van der Waals surface area contributed by atoms with E-state index < -0.39 is 0 Å². The van der Waals surface area contributed by atoms with Gasteiger partial charge < -0.3 is 14.2 Å². The molecule has 2 aromatic rings. The van der Waals surface area contributed by atoms with Crippen molar-refractivity contribution < 1.29 is 9.13 Å². The van der Waals surface area contributed by atoms with E-state index in [-0.39, 0.29) is 5.82 Å². The van der Waals surface area contributed by atoms with Gasteiger partial charge in [-0.3, -0.25) is 0 Å². The Bertz CT molecular complexity index is 548. The number of nitrogens with zero attached hydrogens (tertiary/aromatic N) is 2. The minimum atomic E-state index is -0.317. The number of halogens is 1. The molecule has 0 fully saturated rings. The molecule has 98 valence electrons. The summed E-state index contributed by atoms with van der Waals surface area (Å²) < 4.78 is 20.8. The lowest BCUT2D eigenvalue weighted by molar-refractivity contribution is 0.286. The molecule has 3 nitrogen and oxygen atoms in total. The van der Waals surface area contributed by atoms with E-state index in [4.69, 9.17) is 4.74 Å². The highest BCUT2D eigenvalue weighted by molar-refractivity contribution is 5.81. The van der Waals surface area contributed by atoms with Crippen LogP contribution in [0.15, 0.2) is 24.4 Å². The number of fused-ring (bicyclic) bond motifs is 1. The van der Waals surface area contributed by atoms with Gasteiger partial charge in [0.05, 0.1) is 12.6 Å². The standard InChI is InChI=1S/C14H19FN2O/c1-10(16(2)3)9-17-6-5-11-7-14(18-4)12(15)8-13(11)17/h5-8,10H,9H2,1-4H3/t10-/m1/s1. The molecule has 0 aliphatic heterocycles. The number of likely N-dealkylation sites (N-methyl/N-ethyl adjacent to an activating group) is 1. The van der Waals surface area contributed by atoms with Crippen molar-refractivity contribution in [2.75, 3.05) is 21.2 Å². The van der Waals surface area contributed by atoms with E-state index in [1.54, 1.807) is 6.07 Å². The van der Waals surface area contributed by atoms with Crippen molar-refractivity contribution in [1.82, 2.24) is 9.47 Å². The van der Waals surface area contributed by atoms with E-state index >= 15 is 0 Å². The largest absolute Gasteiger partial charge is 0.494 e. The van der Waals surface area contributed by atoms with Crippen LogP contribution >= 0.6 is 0 Å². The zero-order chi connectivity index (χ0) is 13.3. The van der Waals surface area contributed by atoms with Gasteiger partial charge in [-0.05, 0) is 33.2 Å². The lowest BCUT2D eigenvalue weighted by Crippen LogP contribution is -2.28. The van der Waals surface area contributed by atoms with Crippen LogP contribution in [0.2, 0.25) is 0 Å². The minimum Gasteiger partial charge on any atom is -0.494 e. The fraction of sp³-hybridized carbons (Fsp3) is 0.429. The fourth-order valence-corrected chi connectivity index (χ4v) is 1.96. The molecule has 1 aromatic heterocycles. The first kappa shape index (κ1) is 12.9. The molecule has 2 rings (SSSR count). The molecule has 0 unspecified atom stereocenters. The molecular weight excluding hydrogens is 231 g/mol. The van der Waals surface area contributed by atoms with E-state index in [2.05, 4.69) is 16.4 Å². The summed E-state index contributed by atoms with van der Waals surface area (Å²) in [5, 5.41) is 0.999. The zero-order valence-corrected chi connectivity index (χ0v) is 11.3. The lowest BCUT2D eigenvalue weighted by Gasteiger charge is -2.20. The van der Waals surface area contributed by atoms with Gasteiger partial charge in [-0.2, -0.15) is 0 Å². The number of aromatic nitrogens is 1. The third-order valence-corrected chi connectivity index (χ3v) is 3.39. The van der Waals surface area contributed by atoms with Crippen molar-refractivity contribution in [3.05, 3.63) is 30.2 Å². The maximum atomic E-state index is 13.7. The van der Waals surface area contributed by atoms with E-state index in [1.165, 1.54) is 13.2 Å². The predicted octanol–water partition coefficient (Wildman–Crippen LogP) is 2.74. The van der Waals surface area contributed by atoms with E-state index in [9.17, 15) is 4.39 Å². The Morgan fingerprint density at radius 3 is 2.72 bits per heavy atom. The molecule has 1 aromatic carbocycles. The van der Waals surface area contributed by atoms with Crippen LogP contribution in [0.1, 0.15) is 6.92 Å². The van der Waals surface area contributed by atoms with Gasteiger partial charge >= 0.3 is 0 Å². The van der Waals surface area contributed by atoms with Crippen LogP contribution < -0.4 is 4.74 Å². The Morgan fingerprint density at radius 1 is 1.39 bits per heavy atom. The summed E-state index contributed by atoms with van der Waals surface area (Å²) >= 11 is 0. The third kappa shape index (κ3) is 2.34. The molecule has 0 bridgehead atoms. The second-order valence-corrected chi connectivity index (χ2v) is 4.83. The number of hydrogen-bond acceptors (Lipinski definition) is 2. The molecular formula is C14H19FN2O. The van der Waals surface area contributed by atoms with Crippen LogP contribution in [0.3, 0.4) is 0 Å². The molecule has 0 aliphatic carbocycles. The first-order valence-electron chi connectivity index (χ1n) is 6.01. The van der Waals surface area contributed by atoms with Crippen molar-refractivity contribution in [2.45, 2.75) is 19.5 Å². The van der Waals surface area contributed by atoms with Crippen LogP contribution in [0.4, 0.5) is 4.39 Å². The van der Waals surface area contributed by atoms with Crippen LogP contribution in [0, 0.1) is 5.82 Å². The Morgan fingerprint density at radius 2 is 2.11 bits per heavy atom. The normalized spacial score (nSPS) is 13.2. The molecule has 0 spiro atoms. The maximum Gasteiger partial charge on any atom is 0.167 e. The molecule has 0 aliphatic rings. The Labute approximate surface area is 107 Å². The van der Waals surface area contributed by atoms with Crippen LogP contribution in [-0.4, -0.2) is 36.7 Å². The Balaban J connectivity index is 2.39. The van der Waals surface area contributed by atoms with Gasteiger partial charge in [0.25, 0.3) is 0 Å². The summed E-state index contributed by atoms with van der Waals surface area (Å²) in [6, 6.07) is 5.66. The Kier molecular flexibility index (Phi) is 3.57. The molecule has 1 atom stereocenters. The molecule has 0 N–H and O–H groups in total. The van der Waals surface area contributed by atoms with Crippen molar-refractivity contribution >= 4 is 10.9 Å². The first-order chi connectivity index (χ1) is 8.52. The van der Waals surface area contributed by atoms with Crippen molar-refractivity contribution in [3.8, 4) is 5.75 Å². The number of rotatable bonds is 4. The van der Waals surface area contributed by atoms with Gasteiger partial charge in [0.2, 0.25) is 0 Å². The van der Waals surface area contributed by atoms with Gasteiger partial charge in [-0.25, -0.2) is 4.39 Å². The molecule has 1 heterocycles. The zero-order valence-electron chi connectivity index (χ0n) is 11.3. The highest BCUT2D eigenvalue weighted by atomic mass is 19.1. The number of benzene rings is 1. The van der Waals surface area contributed by atoms with Crippen molar-refractivity contribution in [1.29, 1.82) is 0 Å². The topological polar surface area (TPSA) is 17.4 Å². The first-order valence-corrected chi connectivity index (χ1v) is 6.01. The van der Waals surface area contributed by atoms with Crippen LogP contribution in [-0.2, 0) is 6.54 Å². The molecule has 0 saturated heterocycles. The molecule has 0 radical (unpaired) electrons. The van der Waals surface area contributed by atoms with Gasteiger partial charge in [0.1, 0.15) is 0 Å². The molecule has 18 heavy (non-hydrogen) atoms. The summed E-state index contributed by atoms with van der Waals surface area (Å²) in [6.07, 6.45) is 1.99. The molecule has 0 saturated carbocycles. The van der Waals surface area contributed by atoms with Crippen LogP contribution in [0.5, 0.6) is 5.75 Å². The fourth-order valence-electron chi connectivity index (χ4n) is 1.96.